The number of methoxy groups -OCH3 is 1. The van der Waals surface area contributed by atoms with Crippen LogP contribution >= 0.6 is 0 Å². The Bertz CT molecular complexity index is 362. The highest BCUT2D eigenvalue weighted by atomic mass is 16.5. The van der Waals surface area contributed by atoms with Crippen LogP contribution in [0.25, 0.3) is 0 Å². The molecule has 0 saturated carbocycles. The van der Waals surface area contributed by atoms with E-state index in [0.717, 1.165) is 19.4 Å². The predicted molar refractivity (Wildman–Crippen MR) is 78.0 cm³/mol. The van der Waals surface area contributed by atoms with Gasteiger partial charge in [0.15, 0.2) is 0 Å². The first-order chi connectivity index (χ1) is 8.58. The number of nitrogens with one attached hydrogen (secondary N) is 1. The number of benzene rings is 1. The third kappa shape index (κ3) is 4.43. The number of ether oxygens (including phenoxy) is 1. The van der Waals surface area contributed by atoms with E-state index in [9.17, 15) is 0 Å². The Kier molecular flexibility index (Phi) is 6.37. The van der Waals surface area contributed by atoms with Gasteiger partial charge in [-0.1, -0.05) is 30.7 Å². The van der Waals surface area contributed by atoms with Crippen molar-refractivity contribution in [3.8, 4) is 0 Å². The van der Waals surface area contributed by atoms with Gasteiger partial charge in [-0.25, -0.2) is 0 Å². The van der Waals surface area contributed by atoms with Crippen molar-refractivity contribution >= 4 is 0 Å². The van der Waals surface area contributed by atoms with E-state index in [0.29, 0.717) is 6.04 Å². The monoisotopic (exact) mass is 249 g/mol. The third-order valence-electron chi connectivity index (χ3n) is 3.42. The first kappa shape index (κ1) is 15.2. The van der Waals surface area contributed by atoms with Crippen molar-refractivity contribution in [2.24, 2.45) is 0 Å². The first-order valence-corrected chi connectivity index (χ1v) is 6.91. The fraction of sp³-hybridized carbons (Fsp3) is 0.625. The maximum atomic E-state index is 5.41. The molecule has 0 aliphatic rings. The molecule has 2 atom stereocenters. The van der Waals surface area contributed by atoms with Crippen LogP contribution in [0.5, 0.6) is 0 Å². The lowest BCUT2D eigenvalue weighted by Gasteiger charge is -2.24. The second-order valence-corrected chi connectivity index (χ2v) is 5.15. The molecule has 1 aromatic carbocycles. The van der Waals surface area contributed by atoms with Crippen LogP contribution < -0.4 is 5.32 Å². The van der Waals surface area contributed by atoms with Crippen molar-refractivity contribution < 1.29 is 4.74 Å². The van der Waals surface area contributed by atoms with Gasteiger partial charge in [-0.2, -0.15) is 0 Å². The average molecular weight is 249 g/mol. The molecule has 1 aromatic rings. The minimum absolute atomic E-state index is 0.277. The lowest BCUT2D eigenvalue weighted by atomic mass is 9.95. The summed E-state index contributed by atoms with van der Waals surface area (Å²) in [4.78, 5) is 0. The Labute approximate surface area is 112 Å². The maximum absolute atomic E-state index is 5.41. The minimum atomic E-state index is 0.277. The molecular formula is C16H27NO. The van der Waals surface area contributed by atoms with Gasteiger partial charge in [0.25, 0.3) is 0 Å². The zero-order valence-corrected chi connectivity index (χ0v) is 12.4. The van der Waals surface area contributed by atoms with Crippen LogP contribution in [0.2, 0.25) is 0 Å². The molecule has 102 valence electrons. The Morgan fingerprint density at radius 1 is 1.28 bits per heavy atom. The minimum Gasteiger partial charge on any atom is -0.382 e. The Balaban J connectivity index is 2.89. The van der Waals surface area contributed by atoms with Gasteiger partial charge in [-0.3, -0.25) is 0 Å². The summed E-state index contributed by atoms with van der Waals surface area (Å²) in [5.74, 6) is 0. The molecule has 0 amide bonds. The molecule has 0 aliphatic heterocycles. The van der Waals surface area contributed by atoms with Crippen molar-refractivity contribution in [1.29, 1.82) is 0 Å². The fourth-order valence-corrected chi connectivity index (χ4v) is 2.20. The molecule has 0 spiro atoms. The van der Waals surface area contributed by atoms with Gasteiger partial charge in [0, 0.05) is 13.2 Å². The van der Waals surface area contributed by atoms with Gasteiger partial charge in [-0.05, 0) is 51.3 Å². The summed E-state index contributed by atoms with van der Waals surface area (Å²) in [7, 11) is 1.78. The number of aryl methyl sites for hydroxylation is 2. The predicted octanol–water partition coefficient (Wildman–Crippen LogP) is 3.77. The summed E-state index contributed by atoms with van der Waals surface area (Å²) >= 11 is 0. The summed E-state index contributed by atoms with van der Waals surface area (Å²) in [5, 5.41) is 3.64. The van der Waals surface area contributed by atoms with Crippen molar-refractivity contribution in [3.05, 3.63) is 34.9 Å². The van der Waals surface area contributed by atoms with E-state index in [4.69, 9.17) is 4.74 Å². The quantitative estimate of drug-likeness (QED) is 0.794. The molecule has 0 aromatic heterocycles. The van der Waals surface area contributed by atoms with E-state index in [1.807, 2.05) is 0 Å². The fourth-order valence-electron chi connectivity index (χ4n) is 2.20. The first-order valence-electron chi connectivity index (χ1n) is 6.91. The molecule has 0 fully saturated rings. The lowest BCUT2D eigenvalue weighted by molar-refractivity contribution is 0.100. The van der Waals surface area contributed by atoms with Crippen LogP contribution in [-0.2, 0) is 4.74 Å². The van der Waals surface area contributed by atoms with Crippen molar-refractivity contribution in [3.63, 3.8) is 0 Å². The molecule has 0 saturated heterocycles. The second kappa shape index (κ2) is 7.55. The maximum Gasteiger partial charge on any atom is 0.0561 e. The highest BCUT2D eigenvalue weighted by Gasteiger charge is 2.16. The van der Waals surface area contributed by atoms with Gasteiger partial charge in [0.1, 0.15) is 0 Å². The molecule has 2 heteroatoms. The largest absolute Gasteiger partial charge is 0.382 e. The highest BCUT2D eigenvalue weighted by molar-refractivity contribution is 5.33. The Morgan fingerprint density at radius 3 is 2.61 bits per heavy atom. The molecule has 2 unspecified atom stereocenters. The van der Waals surface area contributed by atoms with E-state index in [-0.39, 0.29) is 6.10 Å². The van der Waals surface area contributed by atoms with Crippen LogP contribution in [0.3, 0.4) is 0 Å². The SMILES string of the molecule is CCCNC(CC(C)OC)c1cc(C)ccc1C. The molecule has 0 radical (unpaired) electrons. The van der Waals surface area contributed by atoms with Crippen molar-refractivity contribution in [2.45, 2.75) is 52.7 Å². The molecule has 0 heterocycles. The van der Waals surface area contributed by atoms with Crippen LogP contribution in [0.4, 0.5) is 0 Å². The molecule has 1 N–H and O–H groups in total. The normalized spacial score (nSPS) is 14.5. The zero-order chi connectivity index (χ0) is 13.5. The molecule has 0 aliphatic carbocycles. The van der Waals surface area contributed by atoms with E-state index < -0.39 is 0 Å². The lowest BCUT2D eigenvalue weighted by Crippen LogP contribution is -2.26. The number of hydrogen-bond acceptors (Lipinski definition) is 2. The molecular weight excluding hydrogens is 222 g/mol. The number of rotatable bonds is 7. The smallest absolute Gasteiger partial charge is 0.0561 e. The molecule has 1 rings (SSSR count). The molecule has 18 heavy (non-hydrogen) atoms. The van der Waals surface area contributed by atoms with Crippen molar-refractivity contribution in [2.75, 3.05) is 13.7 Å². The van der Waals surface area contributed by atoms with E-state index in [2.05, 4.69) is 51.2 Å². The van der Waals surface area contributed by atoms with Crippen LogP contribution in [0.15, 0.2) is 18.2 Å². The van der Waals surface area contributed by atoms with Gasteiger partial charge in [0.05, 0.1) is 6.10 Å². The topological polar surface area (TPSA) is 21.3 Å². The van der Waals surface area contributed by atoms with Gasteiger partial charge in [-0.15, -0.1) is 0 Å². The van der Waals surface area contributed by atoms with E-state index in [1.54, 1.807) is 7.11 Å². The Hall–Kier alpha value is -0.860. The molecule has 2 nitrogen and oxygen atoms in total. The van der Waals surface area contributed by atoms with Gasteiger partial charge >= 0.3 is 0 Å². The summed E-state index contributed by atoms with van der Waals surface area (Å²) < 4.78 is 5.41. The summed E-state index contributed by atoms with van der Waals surface area (Å²) in [6.45, 7) is 9.72. The molecule has 0 bridgehead atoms. The van der Waals surface area contributed by atoms with E-state index in [1.165, 1.54) is 16.7 Å². The van der Waals surface area contributed by atoms with Crippen LogP contribution in [-0.4, -0.2) is 19.8 Å². The second-order valence-electron chi connectivity index (χ2n) is 5.15. The van der Waals surface area contributed by atoms with Crippen LogP contribution in [0, 0.1) is 13.8 Å². The number of hydrogen-bond donors (Lipinski definition) is 1. The third-order valence-corrected chi connectivity index (χ3v) is 3.42. The van der Waals surface area contributed by atoms with Crippen LogP contribution in [0.1, 0.15) is 49.4 Å². The Morgan fingerprint density at radius 2 is 2.00 bits per heavy atom. The zero-order valence-electron chi connectivity index (χ0n) is 12.4. The van der Waals surface area contributed by atoms with E-state index >= 15 is 0 Å². The standard InChI is InChI=1S/C16H27NO/c1-6-9-17-16(11-14(4)18-5)15-10-12(2)7-8-13(15)3/h7-8,10,14,16-17H,6,9,11H2,1-5H3. The average Bonchev–Trinajstić information content (AvgIpc) is 2.37. The summed E-state index contributed by atoms with van der Waals surface area (Å²) in [6, 6.07) is 7.07. The summed E-state index contributed by atoms with van der Waals surface area (Å²) in [5.41, 5.74) is 4.09. The van der Waals surface area contributed by atoms with Gasteiger partial charge in [0.2, 0.25) is 0 Å². The van der Waals surface area contributed by atoms with Crippen molar-refractivity contribution in [1.82, 2.24) is 5.32 Å². The highest BCUT2D eigenvalue weighted by Crippen LogP contribution is 2.24. The summed E-state index contributed by atoms with van der Waals surface area (Å²) in [6.07, 6.45) is 2.45. The van der Waals surface area contributed by atoms with Gasteiger partial charge < -0.3 is 10.1 Å².